The minimum absolute atomic E-state index is 0.0153. The molecular formula is C17H24N2O3S. The van der Waals surface area contributed by atoms with Crippen LogP contribution in [0.5, 0.6) is 0 Å². The van der Waals surface area contributed by atoms with Gasteiger partial charge in [-0.2, -0.15) is 0 Å². The van der Waals surface area contributed by atoms with E-state index in [9.17, 15) is 13.2 Å². The molecule has 2 atom stereocenters. The number of anilines is 1. The second-order valence-corrected chi connectivity index (χ2v) is 9.61. The first-order valence-corrected chi connectivity index (χ1v) is 9.80. The molecule has 126 valence electrons. The molecule has 1 fully saturated rings. The van der Waals surface area contributed by atoms with Gasteiger partial charge in [0.15, 0.2) is 15.1 Å². The minimum atomic E-state index is -3.37. The first-order chi connectivity index (χ1) is 10.7. The summed E-state index contributed by atoms with van der Waals surface area (Å²) in [6, 6.07) is 5.91. The monoisotopic (exact) mass is 336 g/mol. The van der Waals surface area contributed by atoms with E-state index in [0.717, 1.165) is 17.7 Å². The number of carbonyl (C=O) groups excluding carboxylic acids is 1. The SMILES string of the molecule is CC1CC(C)(C)c2cccc(NC(=O)C3CNCCS3(=O)=O)c21. The Hall–Kier alpha value is -1.40. The Bertz CT molecular complexity index is 740. The number of hydrogen-bond donors (Lipinski definition) is 2. The van der Waals surface area contributed by atoms with Crippen molar-refractivity contribution in [2.75, 3.05) is 24.2 Å². The minimum Gasteiger partial charge on any atom is -0.325 e. The number of sulfone groups is 1. The summed E-state index contributed by atoms with van der Waals surface area (Å²) in [5, 5.41) is 4.87. The lowest BCUT2D eigenvalue weighted by Gasteiger charge is -2.23. The molecule has 2 aliphatic rings. The quantitative estimate of drug-likeness (QED) is 0.863. The molecule has 1 saturated heterocycles. The molecule has 1 heterocycles. The standard InChI is InChI=1S/C17H24N2O3S/c1-11-9-17(2,3)12-5-4-6-13(15(11)12)19-16(20)14-10-18-7-8-23(14,21)22/h4-6,11,14,18H,7-10H2,1-3H3,(H,19,20). The summed E-state index contributed by atoms with van der Waals surface area (Å²) in [6.45, 7) is 7.16. The van der Waals surface area contributed by atoms with E-state index in [4.69, 9.17) is 0 Å². The van der Waals surface area contributed by atoms with Gasteiger partial charge >= 0.3 is 0 Å². The van der Waals surface area contributed by atoms with E-state index in [1.165, 1.54) is 5.56 Å². The molecule has 1 aromatic rings. The predicted molar refractivity (Wildman–Crippen MR) is 91.6 cm³/mol. The van der Waals surface area contributed by atoms with Gasteiger partial charge in [0.05, 0.1) is 5.75 Å². The summed E-state index contributed by atoms with van der Waals surface area (Å²) in [5.74, 6) is -0.0680. The molecule has 0 spiro atoms. The zero-order chi connectivity index (χ0) is 16.8. The lowest BCUT2D eigenvalue weighted by Crippen LogP contribution is -2.50. The van der Waals surface area contributed by atoms with E-state index in [-0.39, 0.29) is 17.7 Å². The van der Waals surface area contributed by atoms with Gasteiger partial charge in [-0.05, 0) is 34.9 Å². The zero-order valence-electron chi connectivity index (χ0n) is 13.8. The van der Waals surface area contributed by atoms with Crippen molar-refractivity contribution in [3.8, 4) is 0 Å². The lowest BCUT2D eigenvalue weighted by molar-refractivity contribution is -0.115. The number of carbonyl (C=O) groups is 1. The van der Waals surface area contributed by atoms with Crippen molar-refractivity contribution in [1.29, 1.82) is 0 Å². The van der Waals surface area contributed by atoms with Crippen LogP contribution < -0.4 is 10.6 Å². The summed E-state index contributed by atoms with van der Waals surface area (Å²) < 4.78 is 24.2. The average Bonchev–Trinajstić information content (AvgIpc) is 2.69. The van der Waals surface area contributed by atoms with Gasteiger partial charge in [0.1, 0.15) is 0 Å². The van der Waals surface area contributed by atoms with E-state index in [1.54, 1.807) is 0 Å². The van der Waals surface area contributed by atoms with Crippen molar-refractivity contribution in [2.24, 2.45) is 0 Å². The Morgan fingerprint density at radius 1 is 1.35 bits per heavy atom. The van der Waals surface area contributed by atoms with Crippen LogP contribution in [-0.2, 0) is 20.0 Å². The van der Waals surface area contributed by atoms with E-state index < -0.39 is 21.0 Å². The van der Waals surface area contributed by atoms with Gasteiger partial charge in [0.2, 0.25) is 5.91 Å². The van der Waals surface area contributed by atoms with E-state index in [1.807, 2.05) is 12.1 Å². The van der Waals surface area contributed by atoms with Gasteiger partial charge in [-0.1, -0.05) is 32.9 Å². The van der Waals surface area contributed by atoms with Gasteiger partial charge in [-0.3, -0.25) is 4.79 Å². The third-order valence-corrected chi connectivity index (χ3v) is 7.04. The van der Waals surface area contributed by atoms with Gasteiger partial charge in [-0.15, -0.1) is 0 Å². The highest BCUT2D eigenvalue weighted by Gasteiger charge is 2.38. The average molecular weight is 336 g/mol. The summed E-state index contributed by atoms with van der Waals surface area (Å²) in [6.07, 6.45) is 1.03. The van der Waals surface area contributed by atoms with Crippen LogP contribution in [0.15, 0.2) is 18.2 Å². The summed E-state index contributed by atoms with van der Waals surface area (Å²) in [7, 11) is -3.37. The first-order valence-electron chi connectivity index (χ1n) is 8.09. The smallest absolute Gasteiger partial charge is 0.244 e. The highest BCUT2D eigenvalue weighted by Crippen LogP contribution is 2.48. The molecule has 1 aliphatic carbocycles. The van der Waals surface area contributed by atoms with E-state index >= 15 is 0 Å². The zero-order valence-corrected chi connectivity index (χ0v) is 14.7. The van der Waals surface area contributed by atoms with Crippen molar-refractivity contribution in [3.05, 3.63) is 29.3 Å². The molecule has 2 unspecified atom stereocenters. The number of amides is 1. The Labute approximate surface area is 137 Å². The number of benzene rings is 1. The van der Waals surface area contributed by atoms with Crippen LogP contribution in [0.3, 0.4) is 0 Å². The van der Waals surface area contributed by atoms with Crippen LogP contribution in [0.1, 0.15) is 44.2 Å². The molecule has 3 rings (SSSR count). The van der Waals surface area contributed by atoms with Crippen molar-refractivity contribution in [3.63, 3.8) is 0 Å². The topological polar surface area (TPSA) is 75.3 Å². The Balaban J connectivity index is 1.90. The van der Waals surface area contributed by atoms with Crippen LogP contribution in [0, 0.1) is 0 Å². The van der Waals surface area contributed by atoms with E-state index in [0.29, 0.717) is 12.5 Å². The molecule has 0 saturated carbocycles. The number of rotatable bonds is 2. The number of hydrogen-bond acceptors (Lipinski definition) is 4. The van der Waals surface area contributed by atoms with Crippen LogP contribution in [0.25, 0.3) is 0 Å². The molecule has 1 aliphatic heterocycles. The molecule has 0 bridgehead atoms. The highest BCUT2D eigenvalue weighted by molar-refractivity contribution is 7.92. The number of nitrogens with one attached hydrogen (secondary N) is 2. The van der Waals surface area contributed by atoms with Crippen LogP contribution in [0.2, 0.25) is 0 Å². The van der Waals surface area contributed by atoms with Crippen LogP contribution in [-0.4, -0.2) is 38.4 Å². The molecule has 2 N–H and O–H groups in total. The van der Waals surface area contributed by atoms with Gasteiger partial charge in [-0.25, -0.2) is 8.42 Å². The molecular weight excluding hydrogens is 312 g/mol. The number of fused-ring (bicyclic) bond motifs is 1. The maximum atomic E-state index is 12.5. The fourth-order valence-electron chi connectivity index (χ4n) is 3.96. The Morgan fingerprint density at radius 3 is 2.78 bits per heavy atom. The van der Waals surface area contributed by atoms with Crippen molar-refractivity contribution >= 4 is 21.4 Å². The third kappa shape index (κ3) is 2.90. The normalized spacial score (nSPS) is 28.1. The lowest BCUT2D eigenvalue weighted by atomic mass is 9.86. The second-order valence-electron chi connectivity index (χ2n) is 7.30. The van der Waals surface area contributed by atoms with Crippen molar-refractivity contribution < 1.29 is 13.2 Å². The van der Waals surface area contributed by atoms with Crippen LogP contribution >= 0.6 is 0 Å². The molecule has 1 aromatic carbocycles. The highest BCUT2D eigenvalue weighted by atomic mass is 32.2. The van der Waals surface area contributed by atoms with Crippen molar-refractivity contribution in [1.82, 2.24) is 5.32 Å². The predicted octanol–water partition coefficient (Wildman–Crippen LogP) is 1.80. The maximum Gasteiger partial charge on any atom is 0.244 e. The molecule has 23 heavy (non-hydrogen) atoms. The Morgan fingerprint density at radius 2 is 2.09 bits per heavy atom. The van der Waals surface area contributed by atoms with Crippen LogP contribution in [0.4, 0.5) is 5.69 Å². The first kappa shape index (κ1) is 16.5. The van der Waals surface area contributed by atoms with Gasteiger partial charge in [0.25, 0.3) is 0 Å². The molecule has 5 nitrogen and oxygen atoms in total. The molecule has 1 amide bonds. The molecule has 0 aromatic heterocycles. The summed E-state index contributed by atoms with van der Waals surface area (Å²) in [4.78, 5) is 12.5. The van der Waals surface area contributed by atoms with Gasteiger partial charge < -0.3 is 10.6 Å². The van der Waals surface area contributed by atoms with E-state index in [2.05, 4.69) is 37.5 Å². The second kappa shape index (κ2) is 5.60. The molecule has 0 radical (unpaired) electrons. The third-order valence-electron chi connectivity index (χ3n) is 5.02. The fourth-order valence-corrected chi connectivity index (χ4v) is 5.43. The van der Waals surface area contributed by atoms with Gasteiger partial charge in [0, 0.05) is 18.8 Å². The van der Waals surface area contributed by atoms with Crippen molar-refractivity contribution in [2.45, 2.75) is 43.8 Å². The summed E-state index contributed by atoms with van der Waals surface area (Å²) in [5.41, 5.74) is 3.22. The Kier molecular flexibility index (Phi) is 4.01. The largest absolute Gasteiger partial charge is 0.325 e. The maximum absolute atomic E-state index is 12.5. The summed E-state index contributed by atoms with van der Waals surface area (Å²) >= 11 is 0. The molecule has 6 heteroatoms. The fraction of sp³-hybridized carbons (Fsp3) is 0.588.